The molecule has 2 saturated heterocycles. The number of carbonyl (C=O) groups is 1. The number of hydrogen-bond acceptors (Lipinski definition) is 4. The van der Waals surface area contributed by atoms with Crippen molar-refractivity contribution in [2.75, 3.05) is 32.8 Å². The molecule has 2 unspecified atom stereocenters. The zero-order valence-electron chi connectivity index (χ0n) is 9.69. The summed E-state index contributed by atoms with van der Waals surface area (Å²) in [4.78, 5) is 13.8. The molecule has 16 heavy (non-hydrogen) atoms. The second-order valence-corrected chi connectivity index (χ2v) is 4.78. The minimum absolute atomic E-state index is 0.0148. The minimum atomic E-state index is -0.216. The highest BCUT2D eigenvalue weighted by atomic mass is 16.5. The molecule has 2 atom stereocenters. The smallest absolute Gasteiger partial charge is 0.223 e. The van der Waals surface area contributed by atoms with Crippen LogP contribution in [0.2, 0.25) is 0 Å². The molecule has 2 rings (SSSR count). The topological polar surface area (TPSA) is 61.8 Å². The Morgan fingerprint density at radius 2 is 2.25 bits per heavy atom. The van der Waals surface area contributed by atoms with Crippen LogP contribution in [0.3, 0.4) is 0 Å². The molecule has 0 aromatic carbocycles. The fourth-order valence-corrected chi connectivity index (χ4v) is 2.22. The molecular formula is C11H20N2O3. The molecule has 2 aliphatic heterocycles. The predicted molar refractivity (Wildman–Crippen MR) is 59.0 cm³/mol. The molecule has 0 radical (unpaired) electrons. The summed E-state index contributed by atoms with van der Waals surface area (Å²) >= 11 is 0. The van der Waals surface area contributed by atoms with Crippen molar-refractivity contribution >= 4 is 5.91 Å². The van der Waals surface area contributed by atoms with E-state index in [1.165, 1.54) is 0 Å². The van der Waals surface area contributed by atoms with Gasteiger partial charge in [0, 0.05) is 19.5 Å². The second kappa shape index (κ2) is 5.12. The van der Waals surface area contributed by atoms with Crippen LogP contribution < -0.4 is 5.32 Å². The SMILES string of the molecule is CC1CN(C(=O)CC2CNC2)CC(CO)O1. The van der Waals surface area contributed by atoms with Crippen LogP contribution in [0.1, 0.15) is 13.3 Å². The third-order valence-electron chi connectivity index (χ3n) is 3.21. The number of aliphatic hydroxyl groups excluding tert-OH is 1. The molecule has 2 fully saturated rings. The van der Waals surface area contributed by atoms with Crippen LogP contribution in [-0.4, -0.2) is 60.9 Å². The molecule has 0 aromatic heterocycles. The first kappa shape index (κ1) is 11.8. The van der Waals surface area contributed by atoms with E-state index in [9.17, 15) is 4.79 Å². The molecule has 2 aliphatic rings. The Balaban J connectivity index is 1.84. The van der Waals surface area contributed by atoms with Gasteiger partial charge in [-0.1, -0.05) is 0 Å². The van der Waals surface area contributed by atoms with Crippen LogP contribution in [0.5, 0.6) is 0 Å². The lowest BCUT2D eigenvalue weighted by Crippen LogP contribution is -2.52. The minimum Gasteiger partial charge on any atom is -0.394 e. The van der Waals surface area contributed by atoms with Crippen molar-refractivity contribution in [1.82, 2.24) is 10.2 Å². The van der Waals surface area contributed by atoms with Crippen molar-refractivity contribution in [3.63, 3.8) is 0 Å². The summed E-state index contributed by atoms with van der Waals surface area (Å²) in [6, 6.07) is 0. The number of carbonyl (C=O) groups excluding carboxylic acids is 1. The van der Waals surface area contributed by atoms with Gasteiger partial charge < -0.3 is 20.1 Å². The van der Waals surface area contributed by atoms with E-state index in [-0.39, 0.29) is 24.7 Å². The zero-order chi connectivity index (χ0) is 11.5. The molecule has 5 nitrogen and oxygen atoms in total. The number of ether oxygens (including phenoxy) is 1. The molecule has 0 aromatic rings. The number of aliphatic hydroxyl groups is 1. The van der Waals surface area contributed by atoms with Crippen molar-refractivity contribution < 1.29 is 14.6 Å². The maximum absolute atomic E-state index is 12.0. The standard InChI is InChI=1S/C11H20N2O3/c1-8-5-13(6-10(7-14)16-8)11(15)2-9-3-12-4-9/h8-10,12,14H,2-7H2,1H3. The van der Waals surface area contributed by atoms with E-state index >= 15 is 0 Å². The molecule has 0 aliphatic carbocycles. The van der Waals surface area contributed by atoms with Crippen molar-refractivity contribution in [3.05, 3.63) is 0 Å². The Labute approximate surface area is 95.8 Å². The Bertz CT molecular complexity index is 256. The number of nitrogens with zero attached hydrogens (tertiary/aromatic N) is 1. The van der Waals surface area contributed by atoms with Crippen molar-refractivity contribution in [3.8, 4) is 0 Å². The lowest BCUT2D eigenvalue weighted by atomic mass is 9.98. The average Bonchev–Trinajstić information content (AvgIpc) is 2.22. The lowest BCUT2D eigenvalue weighted by molar-refractivity contribution is -0.148. The van der Waals surface area contributed by atoms with Gasteiger partial charge in [0.1, 0.15) is 0 Å². The maximum Gasteiger partial charge on any atom is 0.223 e. The van der Waals surface area contributed by atoms with Crippen LogP contribution >= 0.6 is 0 Å². The van der Waals surface area contributed by atoms with Crippen LogP contribution in [0, 0.1) is 5.92 Å². The van der Waals surface area contributed by atoms with Crippen molar-refractivity contribution in [1.29, 1.82) is 0 Å². The van der Waals surface area contributed by atoms with Gasteiger partial charge in [-0.25, -0.2) is 0 Å². The molecule has 2 N–H and O–H groups in total. The summed E-state index contributed by atoms with van der Waals surface area (Å²) in [5, 5.41) is 12.2. The molecule has 1 amide bonds. The molecule has 0 bridgehead atoms. The van der Waals surface area contributed by atoms with E-state index in [1.807, 2.05) is 11.8 Å². The molecule has 5 heteroatoms. The van der Waals surface area contributed by atoms with Gasteiger partial charge in [-0.2, -0.15) is 0 Å². The monoisotopic (exact) mass is 228 g/mol. The highest BCUT2D eigenvalue weighted by molar-refractivity contribution is 5.76. The third-order valence-corrected chi connectivity index (χ3v) is 3.21. The first-order valence-corrected chi connectivity index (χ1v) is 5.94. The van der Waals surface area contributed by atoms with Gasteiger partial charge >= 0.3 is 0 Å². The van der Waals surface area contributed by atoms with E-state index < -0.39 is 0 Å². The largest absolute Gasteiger partial charge is 0.394 e. The molecule has 0 saturated carbocycles. The number of rotatable bonds is 3. The first-order valence-electron chi connectivity index (χ1n) is 5.94. The number of nitrogens with one attached hydrogen (secondary N) is 1. The van der Waals surface area contributed by atoms with Gasteiger partial charge in [0.05, 0.1) is 18.8 Å². The van der Waals surface area contributed by atoms with Gasteiger partial charge in [0.25, 0.3) is 0 Å². The molecule has 92 valence electrons. The van der Waals surface area contributed by atoms with Crippen LogP contribution in [-0.2, 0) is 9.53 Å². The number of hydrogen-bond donors (Lipinski definition) is 2. The van der Waals surface area contributed by atoms with Gasteiger partial charge in [0.15, 0.2) is 0 Å². The Morgan fingerprint density at radius 3 is 2.81 bits per heavy atom. The summed E-state index contributed by atoms with van der Waals surface area (Å²) in [5.41, 5.74) is 0. The normalized spacial score (nSPS) is 31.2. The summed E-state index contributed by atoms with van der Waals surface area (Å²) in [6.07, 6.45) is 0.430. The van der Waals surface area contributed by atoms with Gasteiger partial charge in [0.2, 0.25) is 5.91 Å². The Kier molecular flexibility index (Phi) is 3.78. The summed E-state index contributed by atoms with van der Waals surface area (Å²) in [6.45, 7) is 5.01. The Hall–Kier alpha value is -0.650. The van der Waals surface area contributed by atoms with Crippen LogP contribution in [0.4, 0.5) is 0 Å². The highest BCUT2D eigenvalue weighted by Gasteiger charge is 2.30. The second-order valence-electron chi connectivity index (χ2n) is 4.78. The molecular weight excluding hydrogens is 208 g/mol. The fraction of sp³-hybridized carbons (Fsp3) is 0.909. The quantitative estimate of drug-likeness (QED) is 0.664. The van der Waals surface area contributed by atoms with Crippen LogP contribution in [0.25, 0.3) is 0 Å². The van der Waals surface area contributed by atoms with E-state index in [0.29, 0.717) is 25.4 Å². The Morgan fingerprint density at radius 1 is 1.50 bits per heavy atom. The summed E-state index contributed by atoms with van der Waals surface area (Å²) < 4.78 is 5.50. The highest BCUT2D eigenvalue weighted by Crippen LogP contribution is 2.15. The van der Waals surface area contributed by atoms with Crippen LogP contribution in [0.15, 0.2) is 0 Å². The first-order chi connectivity index (χ1) is 7.69. The maximum atomic E-state index is 12.0. The van der Waals surface area contributed by atoms with Gasteiger partial charge in [-0.15, -0.1) is 0 Å². The molecule has 0 spiro atoms. The van der Waals surface area contributed by atoms with Gasteiger partial charge in [-0.05, 0) is 25.9 Å². The zero-order valence-corrected chi connectivity index (χ0v) is 9.69. The van der Waals surface area contributed by atoms with E-state index in [0.717, 1.165) is 13.1 Å². The lowest BCUT2D eigenvalue weighted by Gasteiger charge is -2.37. The predicted octanol–water partition coefficient (Wildman–Crippen LogP) is -0.796. The van der Waals surface area contributed by atoms with E-state index in [4.69, 9.17) is 9.84 Å². The fourth-order valence-electron chi connectivity index (χ4n) is 2.22. The molecule has 2 heterocycles. The average molecular weight is 228 g/mol. The third kappa shape index (κ3) is 2.72. The van der Waals surface area contributed by atoms with Crippen molar-refractivity contribution in [2.24, 2.45) is 5.92 Å². The van der Waals surface area contributed by atoms with E-state index in [2.05, 4.69) is 5.32 Å². The summed E-state index contributed by atoms with van der Waals surface area (Å²) in [7, 11) is 0. The van der Waals surface area contributed by atoms with E-state index in [1.54, 1.807) is 0 Å². The summed E-state index contributed by atoms with van der Waals surface area (Å²) in [5.74, 6) is 0.693. The van der Waals surface area contributed by atoms with Crippen molar-refractivity contribution in [2.45, 2.75) is 25.6 Å². The van der Waals surface area contributed by atoms with Gasteiger partial charge in [-0.3, -0.25) is 4.79 Å². The number of amides is 1. The number of morpholine rings is 1.